The van der Waals surface area contributed by atoms with Gasteiger partial charge in [-0.15, -0.1) is 0 Å². The van der Waals surface area contributed by atoms with Crippen LogP contribution in [0.15, 0.2) is 36.4 Å². The predicted octanol–water partition coefficient (Wildman–Crippen LogP) is 4.88. The summed E-state index contributed by atoms with van der Waals surface area (Å²) in [4.78, 5) is 0. The summed E-state index contributed by atoms with van der Waals surface area (Å²) in [6.45, 7) is 8.95. The normalized spacial score (nSPS) is 23.4. The van der Waals surface area contributed by atoms with Gasteiger partial charge in [0, 0.05) is 0 Å². The SMILES string of the molecule is CC[Si](CC)(CC)O[C@H](/C=C/c1ccccc1)[C@H]1O[C@@H]1C. The second-order valence-corrected chi connectivity index (χ2v) is 10.6. The lowest BCUT2D eigenvalue weighted by atomic mass is 10.1. The standard InChI is InChI=1S/C18H28O2Si/c1-5-21(6-2,7-3)20-17(18-15(4)19-18)14-13-16-11-9-8-10-12-16/h8-15,17-18H,5-7H2,1-4H3/b14-13+/t15-,17-,18+/m1/s1. The van der Waals surface area contributed by atoms with Gasteiger partial charge < -0.3 is 9.16 Å². The van der Waals surface area contributed by atoms with Crippen molar-refractivity contribution in [2.45, 2.75) is 64.1 Å². The molecule has 1 aliphatic rings. The van der Waals surface area contributed by atoms with Gasteiger partial charge in [-0.2, -0.15) is 0 Å². The molecule has 21 heavy (non-hydrogen) atoms. The summed E-state index contributed by atoms with van der Waals surface area (Å²) in [5, 5.41) is 0. The molecule has 3 atom stereocenters. The van der Waals surface area contributed by atoms with Crippen LogP contribution in [0.5, 0.6) is 0 Å². The fourth-order valence-corrected chi connectivity index (χ4v) is 5.61. The average molecular weight is 305 g/mol. The summed E-state index contributed by atoms with van der Waals surface area (Å²) in [7, 11) is -1.60. The molecule has 0 unspecified atom stereocenters. The molecule has 1 heterocycles. The Balaban J connectivity index is 2.10. The van der Waals surface area contributed by atoms with E-state index in [4.69, 9.17) is 9.16 Å². The maximum atomic E-state index is 6.63. The summed E-state index contributed by atoms with van der Waals surface area (Å²) >= 11 is 0. The van der Waals surface area contributed by atoms with E-state index in [1.54, 1.807) is 0 Å². The monoisotopic (exact) mass is 304 g/mol. The van der Waals surface area contributed by atoms with Gasteiger partial charge in [-0.25, -0.2) is 0 Å². The summed E-state index contributed by atoms with van der Waals surface area (Å²) in [6, 6.07) is 13.9. The van der Waals surface area contributed by atoms with Gasteiger partial charge in [0.25, 0.3) is 0 Å². The van der Waals surface area contributed by atoms with E-state index in [0.717, 1.165) is 0 Å². The number of hydrogen-bond donors (Lipinski definition) is 0. The molecule has 3 heteroatoms. The van der Waals surface area contributed by atoms with Crippen LogP contribution in [0.2, 0.25) is 18.1 Å². The Morgan fingerprint density at radius 2 is 1.71 bits per heavy atom. The smallest absolute Gasteiger partial charge is 0.193 e. The number of rotatable bonds is 8. The molecule has 2 nitrogen and oxygen atoms in total. The first-order valence-electron chi connectivity index (χ1n) is 8.20. The van der Waals surface area contributed by atoms with Gasteiger partial charge in [0.1, 0.15) is 6.10 Å². The van der Waals surface area contributed by atoms with Crippen molar-refractivity contribution >= 4 is 14.4 Å². The van der Waals surface area contributed by atoms with E-state index in [-0.39, 0.29) is 12.2 Å². The minimum absolute atomic E-state index is 0.103. The van der Waals surface area contributed by atoms with Gasteiger partial charge in [-0.1, -0.05) is 63.3 Å². The molecule has 1 aromatic rings. The van der Waals surface area contributed by atoms with Gasteiger partial charge in [-0.3, -0.25) is 0 Å². The van der Waals surface area contributed by atoms with Gasteiger partial charge in [-0.05, 0) is 30.6 Å². The Bertz CT molecular complexity index is 445. The third kappa shape index (κ3) is 4.28. The molecule has 0 spiro atoms. The van der Waals surface area contributed by atoms with Gasteiger partial charge >= 0.3 is 0 Å². The van der Waals surface area contributed by atoms with Crippen LogP contribution in [-0.4, -0.2) is 26.6 Å². The quantitative estimate of drug-likeness (QED) is 0.504. The summed E-state index contributed by atoms with van der Waals surface area (Å²) in [6.07, 6.45) is 5.03. The first kappa shape index (κ1) is 16.5. The minimum atomic E-state index is -1.60. The summed E-state index contributed by atoms with van der Waals surface area (Å²) < 4.78 is 12.3. The second-order valence-electron chi connectivity index (χ2n) is 5.90. The molecule has 1 aliphatic heterocycles. The Labute approximate surface area is 130 Å². The number of hydrogen-bond acceptors (Lipinski definition) is 2. The van der Waals surface area contributed by atoms with Crippen LogP contribution in [0.25, 0.3) is 6.08 Å². The van der Waals surface area contributed by atoms with Gasteiger partial charge in [0.05, 0.1) is 12.2 Å². The van der Waals surface area contributed by atoms with Crippen molar-refractivity contribution in [2.24, 2.45) is 0 Å². The lowest BCUT2D eigenvalue weighted by Crippen LogP contribution is -2.41. The van der Waals surface area contributed by atoms with Crippen molar-refractivity contribution in [2.75, 3.05) is 0 Å². The third-order valence-corrected chi connectivity index (χ3v) is 9.32. The van der Waals surface area contributed by atoms with E-state index in [2.05, 4.69) is 64.1 Å². The van der Waals surface area contributed by atoms with Crippen LogP contribution in [0.3, 0.4) is 0 Å². The molecule has 0 saturated carbocycles. The summed E-state index contributed by atoms with van der Waals surface area (Å²) in [5.41, 5.74) is 1.22. The molecule has 0 radical (unpaired) electrons. The average Bonchev–Trinajstić information content (AvgIpc) is 3.26. The second kappa shape index (κ2) is 7.39. The van der Waals surface area contributed by atoms with Crippen LogP contribution < -0.4 is 0 Å². The van der Waals surface area contributed by atoms with Crippen LogP contribution in [0.4, 0.5) is 0 Å². The highest BCUT2D eigenvalue weighted by atomic mass is 28.4. The molecular formula is C18H28O2Si. The fraction of sp³-hybridized carbons (Fsp3) is 0.556. The van der Waals surface area contributed by atoms with E-state index in [1.807, 2.05) is 6.07 Å². The van der Waals surface area contributed by atoms with Crippen LogP contribution >= 0.6 is 0 Å². The maximum Gasteiger partial charge on any atom is 0.193 e. The molecule has 1 fully saturated rings. The number of epoxide rings is 1. The van der Waals surface area contributed by atoms with Crippen molar-refractivity contribution in [3.8, 4) is 0 Å². The van der Waals surface area contributed by atoms with E-state index < -0.39 is 8.32 Å². The van der Waals surface area contributed by atoms with Crippen molar-refractivity contribution < 1.29 is 9.16 Å². The highest BCUT2D eigenvalue weighted by Crippen LogP contribution is 2.33. The van der Waals surface area contributed by atoms with Crippen molar-refractivity contribution in [1.29, 1.82) is 0 Å². The Hall–Kier alpha value is -0.903. The Morgan fingerprint density at radius 3 is 2.19 bits per heavy atom. The van der Waals surface area contributed by atoms with Crippen LogP contribution in [0, 0.1) is 0 Å². The van der Waals surface area contributed by atoms with E-state index >= 15 is 0 Å². The molecule has 0 amide bonds. The van der Waals surface area contributed by atoms with Gasteiger partial charge in [0.2, 0.25) is 0 Å². The zero-order chi connectivity index (χ0) is 15.3. The number of ether oxygens (including phenoxy) is 1. The molecule has 1 saturated heterocycles. The lowest BCUT2D eigenvalue weighted by molar-refractivity contribution is 0.188. The molecule has 0 aliphatic carbocycles. The molecule has 0 N–H and O–H groups in total. The molecule has 2 rings (SSSR count). The van der Waals surface area contributed by atoms with Crippen molar-refractivity contribution in [3.05, 3.63) is 42.0 Å². The zero-order valence-electron chi connectivity index (χ0n) is 13.7. The van der Waals surface area contributed by atoms with Gasteiger partial charge in [0.15, 0.2) is 8.32 Å². The predicted molar refractivity (Wildman–Crippen MR) is 91.9 cm³/mol. The topological polar surface area (TPSA) is 21.8 Å². The molecule has 116 valence electrons. The maximum absolute atomic E-state index is 6.63. The first-order valence-corrected chi connectivity index (χ1v) is 10.7. The molecule has 0 bridgehead atoms. The van der Waals surface area contributed by atoms with Crippen molar-refractivity contribution in [1.82, 2.24) is 0 Å². The highest BCUT2D eigenvalue weighted by Gasteiger charge is 2.44. The lowest BCUT2D eigenvalue weighted by Gasteiger charge is -2.31. The minimum Gasteiger partial charge on any atom is -0.408 e. The third-order valence-electron chi connectivity index (χ3n) is 4.68. The van der Waals surface area contributed by atoms with E-state index in [9.17, 15) is 0 Å². The Morgan fingerprint density at radius 1 is 1.14 bits per heavy atom. The van der Waals surface area contributed by atoms with E-state index in [0.29, 0.717) is 6.10 Å². The van der Waals surface area contributed by atoms with Crippen LogP contribution in [0.1, 0.15) is 33.3 Å². The fourth-order valence-electron chi connectivity index (χ4n) is 2.82. The first-order chi connectivity index (χ1) is 10.1. The van der Waals surface area contributed by atoms with Crippen LogP contribution in [-0.2, 0) is 9.16 Å². The molecule has 1 aromatic carbocycles. The largest absolute Gasteiger partial charge is 0.408 e. The van der Waals surface area contributed by atoms with Crippen molar-refractivity contribution in [3.63, 3.8) is 0 Å². The van der Waals surface area contributed by atoms with E-state index in [1.165, 1.54) is 23.7 Å². The molecule has 0 aromatic heterocycles. The molecular weight excluding hydrogens is 276 g/mol. The highest BCUT2D eigenvalue weighted by molar-refractivity contribution is 6.73. The Kier molecular flexibility index (Phi) is 5.79. The summed E-state index contributed by atoms with van der Waals surface area (Å²) in [5.74, 6) is 0. The zero-order valence-corrected chi connectivity index (χ0v) is 14.7. The number of benzene rings is 1.